The lowest BCUT2D eigenvalue weighted by molar-refractivity contribution is 0.0899. The first-order valence-corrected chi connectivity index (χ1v) is 14.4. The fraction of sp³-hybridized carbons (Fsp3) is 0.833. The van der Waals surface area contributed by atoms with Crippen LogP contribution >= 0.6 is 0 Å². The Labute approximate surface area is 197 Å². The molecule has 1 N–H and O–H groups in total. The number of hydrogen-bond donors (Lipinski definition) is 1. The van der Waals surface area contributed by atoms with Crippen molar-refractivity contribution in [2.45, 2.75) is 89.3 Å². The van der Waals surface area contributed by atoms with E-state index in [-0.39, 0.29) is 35.7 Å². The quantitative estimate of drug-likeness (QED) is 0.617. The van der Waals surface area contributed by atoms with Crippen LogP contribution in [-0.4, -0.2) is 72.2 Å². The minimum Gasteiger partial charge on any atom is -0.360 e. The average Bonchev–Trinajstić information content (AvgIpc) is 3.40. The smallest absolute Gasteiger partial charge is 0.273 e. The zero-order chi connectivity index (χ0) is 23.2. The minimum absolute atomic E-state index is 0.000543. The van der Waals surface area contributed by atoms with Crippen molar-refractivity contribution in [1.29, 1.82) is 0 Å². The summed E-state index contributed by atoms with van der Waals surface area (Å²) in [5, 5.41) is 7.03. The van der Waals surface area contributed by atoms with Crippen LogP contribution in [0, 0.1) is 11.8 Å². The summed E-state index contributed by atoms with van der Waals surface area (Å²) in [5.41, 5.74) is 0.336. The number of aromatic nitrogens is 1. The number of likely N-dealkylation sites (tertiary alicyclic amines) is 1. The third-order valence-electron chi connectivity index (χ3n) is 7.84. The van der Waals surface area contributed by atoms with Crippen molar-refractivity contribution < 1.29 is 17.7 Å². The van der Waals surface area contributed by atoms with E-state index < -0.39 is 10.0 Å². The number of rotatable bonds is 8. The summed E-state index contributed by atoms with van der Waals surface area (Å²) in [7, 11) is -3.29. The fourth-order valence-corrected chi connectivity index (χ4v) is 8.55. The number of piperidine rings is 2. The van der Waals surface area contributed by atoms with Crippen LogP contribution in [-0.2, 0) is 10.0 Å². The molecule has 4 heterocycles. The molecule has 33 heavy (non-hydrogen) atoms. The van der Waals surface area contributed by atoms with Crippen LogP contribution in [0.2, 0.25) is 0 Å². The van der Waals surface area contributed by atoms with Gasteiger partial charge in [0.1, 0.15) is 5.76 Å². The van der Waals surface area contributed by atoms with E-state index in [4.69, 9.17) is 4.52 Å². The van der Waals surface area contributed by atoms with Gasteiger partial charge in [0.2, 0.25) is 10.0 Å². The van der Waals surface area contributed by atoms with Crippen LogP contribution in [0.3, 0.4) is 0 Å². The van der Waals surface area contributed by atoms with Crippen LogP contribution in [0.15, 0.2) is 10.6 Å². The van der Waals surface area contributed by atoms with E-state index in [9.17, 15) is 13.2 Å². The second-order valence-corrected chi connectivity index (χ2v) is 13.1. The number of nitrogens with one attached hydrogen (secondary N) is 1. The maximum atomic E-state index is 13.4. The van der Waals surface area contributed by atoms with Gasteiger partial charge < -0.3 is 14.7 Å². The van der Waals surface area contributed by atoms with Gasteiger partial charge in [-0.25, -0.2) is 8.42 Å². The Hall–Kier alpha value is -1.45. The first-order chi connectivity index (χ1) is 15.8. The Bertz CT molecular complexity index is 935. The van der Waals surface area contributed by atoms with Crippen LogP contribution in [0.4, 0.5) is 0 Å². The summed E-state index contributed by atoms with van der Waals surface area (Å²) < 4.78 is 33.9. The van der Waals surface area contributed by atoms with E-state index in [1.807, 2.05) is 4.31 Å². The van der Waals surface area contributed by atoms with Crippen molar-refractivity contribution in [3.63, 3.8) is 0 Å². The third-order valence-corrected chi connectivity index (χ3v) is 9.97. The van der Waals surface area contributed by atoms with Crippen molar-refractivity contribution in [3.8, 4) is 0 Å². The molecule has 2 bridgehead atoms. The zero-order valence-electron chi connectivity index (χ0n) is 19.9. The monoisotopic (exact) mass is 478 g/mol. The lowest BCUT2D eigenvalue weighted by Gasteiger charge is -2.39. The molecule has 1 aromatic heterocycles. The first-order valence-electron chi connectivity index (χ1n) is 12.8. The van der Waals surface area contributed by atoms with E-state index in [2.05, 4.69) is 29.2 Å². The number of amides is 1. The molecule has 1 saturated carbocycles. The summed E-state index contributed by atoms with van der Waals surface area (Å²) >= 11 is 0. The predicted octanol–water partition coefficient (Wildman–Crippen LogP) is 2.98. The van der Waals surface area contributed by atoms with E-state index in [0.717, 1.165) is 63.9 Å². The van der Waals surface area contributed by atoms with Crippen molar-refractivity contribution in [2.75, 3.05) is 25.4 Å². The molecule has 1 aromatic rings. The Morgan fingerprint density at radius 3 is 2.39 bits per heavy atom. The average molecular weight is 479 g/mol. The Balaban J connectivity index is 1.15. The molecule has 3 atom stereocenters. The Morgan fingerprint density at radius 1 is 1.12 bits per heavy atom. The van der Waals surface area contributed by atoms with Crippen molar-refractivity contribution in [2.24, 2.45) is 11.8 Å². The van der Waals surface area contributed by atoms with Crippen LogP contribution in [0.1, 0.15) is 87.4 Å². The van der Waals surface area contributed by atoms with Gasteiger partial charge in [0.05, 0.1) is 5.75 Å². The van der Waals surface area contributed by atoms with Crippen LogP contribution in [0.5, 0.6) is 0 Å². The van der Waals surface area contributed by atoms with Crippen molar-refractivity contribution >= 4 is 15.9 Å². The molecule has 3 saturated heterocycles. The third kappa shape index (κ3) is 5.30. The van der Waals surface area contributed by atoms with Crippen molar-refractivity contribution in [3.05, 3.63) is 17.5 Å². The molecular weight excluding hydrogens is 440 g/mol. The molecule has 184 valence electrons. The van der Waals surface area contributed by atoms with Gasteiger partial charge in [-0.3, -0.25) is 4.79 Å². The number of nitrogens with zero attached hydrogens (tertiary/aromatic N) is 3. The molecular formula is C24H38N4O4S. The normalized spacial score (nSPS) is 29.6. The zero-order valence-corrected chi connectivity index (χ0v) is 20.7. The molecule has 1 unspecified atom stereocenters. The fourth-order valence-electron chi connectivity index (χ4n) is 6.16. The number of fused-ring (bicyclic) bond motifs is 2. The van der Waals surface area contributed by atoms with Gasteiger partial charge in [0.25, 0.3) is 5.91 Å². The first kappa shape index (κ1) is 23.3. The second kappa shape index (κ2) is 9.30. The van der Waals surface area contributed by atoms with Crippen molar-refractivity contribution in [1.82, 2.24) is 19.7 Å². The molecule has 4 fully saturated rings. The largest absolute Gasteiger partial charge is 0.360 e. The van der Waals surface area contributed by atoms with E-state index in [1.54, 1.807) is 6.07 Å². The highest BCUT2D eigenvalue weighted by molar-refractivity contribution is 7.89. The number of carbonyl (C=O) groups is 1. The summed E-state index contributed by atoms with van der Waals surface area (Å²) in [5.74, 6) is 2.19. The summed E-state index contributed by atoms with van der Waals surface area (Å²) in [6.45, 7) is 7.57. The van der Waals surface area contributed by atoms with Gasteiger partial charge in [-0.2, -0.15) is 4.31 Å². The molecule has 5 rings (SSSR count). The van der Waals surface area contributed by atoms with Gasteiger partial charge in [-0.05, 0) is 76.3 Å². The van der Waals surface area contributed by atoms with Gasteiger partial charge in [0, 0.05) is 36.7 Å². The number of hydrogen-bond acceptors (Lipinski definition) is 6. The molecule has 1 amide bonds. The highest BCUT2D eigenvalue weighted by atomic mass is 32.2. The molecule has 0 radical (unpaired) electrons. The van der Waals surface area contributed by atoms with Gasteiger partial charge in [-0.15, -0.1) is 0 Å². The lowest BCUT2D eigenvalue weighted by Crippen LogP contribution is -2.53. The summed E-state index contributed by atoms with van der Waals surface area (Å²) in [4.78, 5) is 15.1. The molecule has 3 aliphatic heterocycles. The number of carbonyl (C=O) groups excluding carboxylic acids is 1. The Morgan fingerprint density at radius 2 is 1.79 bits per heavy atom. The van der Waals surface area contributed by atoms with E-state index in [0.29, 0.717) is 30.4 Å². The molecule has 0 spiro atoms. The van der Waals surface area contributed by atoms with Gasteiger partial charge in [0.15, 0.2) is 5.69 Å². The standard InChI is InChI=1S/C24H38N4O4S/c1-16(2)14-27-9-7-17(8-10-27)15-33(30,31)28-20-5-6-21(28)12-19(11-20)25-24(29)22-13-23(32-26-22)18-3-4-18/h13,16-21H,3-12,14-15H2,1-2H3,(H,25,29)/t19?,20-,21+. The van der Waals surface area contributed by atoms with E-state index >= 15 is 0 Å². The SMILES string of the molecule is CC(C)CN1CCC(CS(=O)(=O)N2[C@@H]3CC[C@H]2CC(NC(=O)c2cc(C4CC4)on2)C3)CC1. The highest BCUT2D eigenvalue weighted by Crippen LogP contribution is 2.41. The Kier molecular flexibility index (Phi) is 6.57. The number of sulfonamides is 1. The van der Waals surface area contributed by atoms with E-state index in [1.165, 1.54) is 0 Å². The maximum absolute atomic E-state index is 13.4. The second-order valence-electron chi connectivity index (χ2n) is 11.2. The topological polar surface area (TPSA) is 95.8 Å². The molecule has 1 aliphatic carbocycles. The van der Waals surface area contributed by atoms with Crippen LogP contribution < -0.4 is 5.32 Å². The predicted molar refractivity (Wildman–Crippen MR) is 125 cm³/mol. The molecule has 8 nitrogen and oxygen atoms in total. The molecule has 9 heteroatoms. The van der Waals surface area contributed by atoms with Gasteiger partial charge >= 0.3 is 0 Å². The van der Waals surface area contributed by atoms with Gasteiger partial charge in [-0.1, -0.05) is 19.0 Å². The highest BCUT2D eigenvalue weighted by Gasteiger charge is 2.47. The summed E-state index contributed by atoms with van der Waals surface area (Å²) in [6.07, 6.45) is 7.27. The lowest BCUT2D eigenvalue weighted by atomic mass is 9.98. The van der Waals surface area contributed by atoms with Crippen LogP contribution in [0.25, 0.3) is 0 Å². The maximum Gasteiger partial charge on any atom is 0.273 e. The summed E-state index contributed by atoms with van der Waals surface area (Å²) in [6, 6.07) is 1.74. The molecule has 0 aromatic carbocycles. The minimum atomic E-state index is -3.29. The molecule has 4 aliphatic rings.